The van der Waals surface area contributed by atoms with E-state index >= 15 is 0 Å². The van der Waals surface area contributed by atoms with E-state index in [9.17, 15) is 4.79 Å². The summed E-state index contributed by atoms with van der Waals surface area (Å²) in [7, 11) is 3.43. The fraction of sp³-hybridized carbons (Fsp3) is 0.312. The minimum atomic E-state index is -0.161. The molecular weight excluding hydrogens is 312 g/mol. The molecule has 7 heteroatoms. The number of benzene rings is 1. The van der Waals surface area contributed by atoms with Crippen molar-refractivity contribution < 1.29 is 9.53 Å². The van der Waals surface area contributed by atoms with Gasteiger partial charge in [-0.15, -0.1) is 0 Å². The number of H-pyrrole nitrogens is 1. The second kappa shape index (κ2) is 7.73. The Labute approximate surface area is 140 Å². The molecule has 0 fully saturated rings. The van der Waals surface area contributed by atoms with E-state index in [1.807, 2.05) is 31.2 Å². The lowest BCUT2D eigenvalue weighted by molar-refractivity contribution is -0.116. The average molecular weight is 332 g/mol. The Bertz CT molecular complexity index is 759. The fourth-order valence-corrected chi connectivity index (χ4v) is 2.26. The molecule has 2 aromatic rings. The molecule has 6 nitrogen and oxygen atoms in total. The first-order valence-corrected chi connectivity index (χ1v) is 7.69. The standard InChI is InChI=1S/C16H20N4O2S/c1-4-11(12-5-7-13(22-3)8-6-12)9-15(21)17-10-14-18-19-16(23)20(14)2/h5-9H,4,10H2,1-3H3,(H,17,21)(H,19,23)/b11-9-. The van der Waals surface area contributed by atoms with Gasteiger partial charge >= 0.3 is 0 Å². The Morgan fingerprint density at radius 1 is 1.43 bits per heavy atom. The lowest BCUT2D eigenvalue weighted by Gasteiger charge is -2.07. The van der Waals surface area contributed by atoms with Gasteiger partial charge in [0, 0.05) is 13.1 Å². The van der Waals surface area contributed by atoms with Gasteiger partial charge in [-0.25, -0.2) is 0 Å². The summed E-state index contributed by atoms with van der Waals surface area (Å²) in [6.45, 7) is 2.33. The first-order valence-electron chi connectivity index (χ1n) is 7.28. The van der Waals surface area contributed by atoms with Crippen LogP contribution in [0.15, 0.2) is 30.3 Å². The third-order valence-corrected chi connectivity index (χ3v) is 3.91. The summed E-state index contributed by atoms with van der Waals surface area (Å²) in [5.74, 6) is 1.31. The van der Waals surface area contributed by atoms with Crippen LogP contribution in [0.5, 0.6) is 5.75 Å². The summed E-state index contributed by atoms with van der Waals surface area (Å²) in [5.41, 5.74) is 1.96. The van der Waals surface area contributed by atoms with E-state index in [-0.39, 0.29) is 5.91 Å². The van der Waals surface area contributed by atoms with Gasteiger partial charge in [-0.3, -0.25) is 9.89 Å². The van der Waals surface area contributed by atoms with E-state index in [2.05, 4.69) is 15.5 Å². The van der Waals surface area contributed by atoms with E-state index in [4.69, 9.17) is 17.0 Å². The average Bonchev–Trinajstić information content (AvgIpc) is 2.90. The SMILES string of the molecule is CC/C(=C/C(=O)NCc1n[nH]c(=S)n1C)c1ccc(OC)cc1. The zero-order chi connectivity index (χ0) is 16.8. The molecule has 1 amide bonds. The van der Waals surface area contributed by atoms with Crippen LogP contribution in [0.25, 0.3) is 5.57 Å². The van der Waals surface area contributed by atoms with Gasteiger partial charge in [0.15, 0.2) is 10.6 Å². The van der Waals surface area contributed by atoms with Crippen LogP contribution in [0.1, 0.15) is 24.7 Å². The molecule has 0 spiro atoms. The lowest BCUT2D eigenvalue weighted by atomic mass is 10.0. The Morgan fingerprint density at radius 3 is 2.65 bits per heavy atom. The molecule has 1 aromatic heterocycles. The molecule has 0 unspecified atom stereocenters. The van der Waals surface area contributed by atoms with Gasteiger partial charge in [0.25, 0.3) is 0 Å². The van der Waals surface area contributed by atoms with Gasteiger partial charge in [-0.05, 0) is 41.9 Å². The van der Waals surface area contributed by atoms with Crippen molar-refractivity contribution in [1.82, 2.24) is 20.1 Å². The molecule has 0 aliphatic heterocycles. The van der Waals surface area contributed by atoms with Crippen molar-refractivity contribution in [2.45, 2.75) is 19.9 Å². The van der Waals surface area contributed by atoms with E-state index in [1.165, 1.54) is 0 Å². The number of nitrogens with one attached hydrogen (secondary N) is 2. The smallest absolute Gasteiger partial charge is 0.244 e. The van der Waals surface area contributed by atoms with Crippen molar-refractivity contribution >= 4 is 23.7 Å². The largest absolute Gasteiger partial charge is 0.497 e. The zero-order valence-electron chi connectivity index (χ0n) is 13.4. The maximum Gasteiger partial charge on any atom is 0.244 e. The number of carbonyl (C=O) groups is 1. The summed E-state index contributed by atoms with van der Waals surface area (Å²) < 4.78 is 7.40. The number of hydrogen-bond acceptors (Lipinski definition) is 4. The molecule has 2 N–H and O–H groups in total. The van der Waals surface area contributed by atoms with Crippen LogP contribution < -0.4 is 10.1 Å². The predicted octanol–water partition coefficient (Wildman–Crippen LogP) is 2.60. The Balaban J connectivity index is 2.06. The zero-order valence-corrected chi connectivity index (χ0v) is 14.2. The highest BCUT2D eigenvalue weighted by atomic mass is 32.1. The summed E-state index contributed by atoms with van der Waals surface area (Å²) in [6.07, 6.45) is 2.37. The normalized spacial score (nSPS) is 11.3. The number of ether oxygens (including phenoxy) is 1. The van der Waals surface area contributed by atoms with Crippen molar-refractivity contribution in [1.29, 1.82) is 0 Å². The Kier molecular flexibility index (Phi) is 5.70. The molecule has 0 bridgehead atoms. The molecule has 0 atom stereocenters. The van der Waals surface area contributed by atoms with Crippen LogP contribution >= 0.6 is 12.2 Å². The predicted molar refractivity (Wildman–Crippen MR) is 91.5 cm³/mol. The quantitative estimate of drug-likeness (QED) is 0.630. The van der Waals surface area contributed by atoms with Gasteiger partial charge in [0.2, 0.25) is 5.91 Å². The van der Waals surface area contributed by atoms with E-state index in [0.29, 0.717) is 17.1 Å². The summed E-state index contributed by atoms with van der Waals surface area (Å²) in [4.78, 5) is 12.1. The van der Waals surface area contributed by atoms with Gasteiger partial charge in [0.05, 0.1) is 13.7 Å². The monoisotopic (exact) mass is 332 g/mol. The van der Waals surface area contributed by atoms with E-state index < -0.39 is 0 Å². The highest BCUT2D eigenvalue weighted by molar-refractivity contribution is 7.71. The van der Waals surface area contributed by atoms with Crippen LogP contribution in [0, 0.1) is 4.77 Å². The summed E-state index contributed by atoms with van der Waals surface area (Å²) >= 11 is 5.04. The van der Waals surface area contributed by atoms with Crippen LogP contribution in [0.4, 0.5) is 0 Å². The third kappa shape index (κ3) is 4.29. The molecule has 122 valence electrons. The van der Waals surface area contributed by atoms with Crippen LogP contribution in [0.2, 0.25) is 0 Å². The lowest BCUT2D eigenvalue weighted by Crippen LogP contribution is -2.22. The van der Waals surface area contributed by atoms with Gasteiger partial charge in [0.1, 0.15) is 5.75 Å². The topological polar surface area (TPSA) is 71.9 Å². The molecular formula is C16H20N4O2S. The van der Waals surface area contributed by atoms with Crippen LogP contribution in [-0.4, -0.2) is 27.8 Å². The number of allylic oxidation sites excluding steroid dienone is 1. The van der Waals surface area contributed by atoms with Gasteiger partial charge < -0.3 is 14.6 Å². The van der Waals surface area contributed by atoms with E-state index in [0.717, 1.165) is 23.3 Å². The minimum absolute atomic E-state index is 0.161. The Hall–Kier alpha value is -2.41. The number of amides is 1. The van der Waals surface area contributed by atoms with Crippen molar-refractivity contribution in [2.24, 2.45) is 7.05 Å². The minimum Gasteiger partial charge on any atom is -0.497 e. The van der Waals surface area contributed by atoms with Crippen molar-refractivity contribution in [3.05, 3.63) is 46.5 Å². The number of hydrogen-bond donors (Lipinski definition) is 2. The second-order valence-electron chi connectivity index (χ2n) is 4.97. The van der Waals surface area contributed by atoms with Gasteiger partial charge in [-0.1, -0.05) is 19.1 Å². The summed E-state index contributed by atoms with van der Waals surface area (Å²) in [6, 6.07) is 7.65. The van der Waals surface area contributed by atoms with Crippen LogP contribution in [0.3, 0.4) is 0 Å². The number of aromatic nitrogens is 3. The molecule has 1 heterocycles. The van der Waals surface area contributed by atoms with Crippen molar-refractivity contribution in [2.75, 3.05) is 7.11 Å². The first-order chi connectivity index (χ1) is 11.0. The first kappa shape index (κ1) is 17.0. The molecule has 0 saturated heterocycles. The molecule has 0 aliphatic carbocycles. The number of aromatic amines is 1. The van der Waals surface area contributed by atoms with Gasteiger partial charge in [-0.2, -0.15) is 5.10 Å². The maximum atomic E-state index is 12.1. The fourth-order valence-electron chi connectivity index (χ4n) is 2.11. The molecule has 0 aliphatic rings. The number of carbonyl (C=O) groups excluding carboxylic acids is 1. The third-order valence-electron chi connectivity index (χ3n) is 3.54. The number of methoxy groups -OCH3 is 1. The molecule has 23 heavy (non-hydrogen) atoms. The van der Waals surface area contributed by atoms with Crippen LogP contribution in [-0.2, 0) is 18.4 Å². The van der Waals surface area contributed by atoms with Crippen molar-refractivity contribution in [3.63, 3.8) is 0 Å². The molecule has 0 radical (unpaired) electrons. The summed E-state index contributed by atoms with van der Waals surface area (Å²) in [5, 5.41) is 9.57. The highest BCUT2D eigenvalue weighted by Gasteiger charge is 2.06. The van der Waals surface area contributed by atoms with Crippen molar-refractivity contribution in [3.8, 4) is 5.75 Å². The Morgan fingerprint density at radius 2 is 2.13 bits per heavy atom. The number of nitrogens with zero attached hydrogens (tertiary/aromatic N) is 2. The van der Waals surface area contributed by atoms with E-state index in [1.54, 1.807) is 24.8 Å². The molecule has 2 rings (SSSR count). The maximum absolute atomic E-state index is 12.1. The molecule has 1 aromatic carbocycles. The highest BCUT2D eigenvalue weighted by Crippen LogP contribution is 2.20. The second-order valence-corrected chi connectivity index (χ2v) is 5.36. The molecule has 0 saturated carbocycles. The number of rotatable bonds is 6.